The number of rotatable bonds is 8. The molecule has 1 aromatic carbocycles. The Morgan fingerprint density at radius 3 is 2.66 bits per heavy atom. The smallest absolute Gasteiger partial charge is 0.348 e. The lowest BCUT2D eigenvalue weighted by molar-refractivity contribution is -0.145. The minimum Gasteiger partial charge on any atom is -0.462 e. The van der Waals surface area contributed by atoms with Crippen LogP contribution in [-0.4, -0.2) is 78.0 Å². The van der Waals surface area contributed by atoms with Gasteiger partial charge in [0.15, 0.2) is 0 Å². The van der Waals surface area contributed by atoms with Crippen molar-refractivity contribution in [3.8, 4) is 0 Å². The van der Waals surface area contributed by atoms with Crippen LogP contribution in [-0.2, 0) is 35.2 Å². The van der Waals surface area contributed by atoms with Crippen molar-refractivity contribution in [2.24, 2.45) is 11.3 Å². The summed E-state index contributed by atoms with van der Waals surface area (Å²) in [6.07, 6.45) is 3.65. The zero-order valence-corrected chi connectivity index (χ0v) is 24.2. The van der Waals surface area contributed by atoms with E-state index in [1.54, 1.807) is 57.0 Å². The molecule has 3 unspecified atom stereocenters. The minimum atomic E-state index is -0.982. The molecule has 1 aromatic rings. The number of esters is 2. The first-order valence-corrected chi connectivity index (χ1v) is 14.5. The van der Waals surface area contributed by atoms with Gasteiger partial charge >= 0.3 is 11.9 Å². The van der Waals surface area contributed by atoms with Crippen molar-refractivity contribution < 1.29 is 33.4 Å². The summed E-state index contributed by atoms with van der Waals surface area (Å²) in [5, 5.41) is 8.76. The molecule has 4 aliphatic rings. The second-order valence-electron chi connectivity index (χ2n) is 12.6. The summed E-state index contributed by atoms with van der Waals surface area (Å²) >= 11 is 0. The topological polar surface area (TPSA) is 143 Å². The fraction of sp³-hybridized carbons (Fsp3) is 0.633. The molecule has 4 fully saturated rings. The van der Waals surface area contributed by atoms with Gasteiger partial charge in [0.25, 0.3) is 0 Å². The number of nitrogens with zero attached hydrogens (tertiary/aromatic N) is 1. The predicted molar refractivity (Wildman–Crippen MR) is 147 cm³/mol. The SMILES string of the molecule is CN[C@@H](C)C(=O)N[C@H]1CCCC2CC23CC[C@@H](C(=O)NCc2cccc(C(=O)OC4C(=O)OCC4(C)C)c2)N3C1=O. The van der Waals surface area contributed by atoms with Gasteiger partial charge in [0, 0.05) is 17.5 Å². The van der Waals surface area contributed by atoms with E-state index in [1.165, 1.54) is 0 Å². The molecular formula is C30H40N4O7. The summed E-state index contributed by atoms with van der Waals surface area (Å²) in [5.41, 5.74) is 0.0361. The van der Waals surface area contributed by atoms with Crippen molar-refractivity contribution in [1.82, 2.24) is 20.9 Å². The van der Waals surface area contributed by atoms with E-state index in [0.717, 1.165) is 25.7 Å². The first kappa shape index (κ1) is 29.0. The molecule has 1 aliphatic carbocycles. The highest BCUT2D eigenvalue weighted by Crippen LogP contribution is 2.59. The molecule has 3 saturated heterocycles. The second kappa shape index (κ2) is 11.1. The molecule has 3 amide bonds. The Hall–Kier alpha value is -3.47. The van der Waals surface area contributed by atoms with Gasteiger partial charge in [0.1, 0.15) is 18.7 Å². The van der Waals surface area contributed by atoms with Gasteiger partial charge in [0.2, 0.25) is 23.8 Å². The van der Waals surface area contributed by atoms with Crippen LogP contribution in [0.3, 0.4) is 0 Å². The lowest BCUT2D eigenvalue weighted by atomic mass is 9.90. The van der Waals surface area contributed by atoms with Gasteiger partial charge in [-0.05, 0) is 69.7 Å². The molecule has 41 heavy (non-hydrogen) atoms. The van der Waals surface area contributed by atoms with Crippen molar-refractivity contribution in [2.75, 3.05) is 13.7 Å². The van der Waals surface area contributed by atoms with E-state index in [-0.39, 0.29) is 42.0 Å². The van der Waals surface area contributed by atoms with Gasteiger partial charge in [-0.3, -0.25) is 14.4 Å². The molecule has 11 heteroatoms. The van der Waals surface area contributed by atoms with Gasteiger partial charge in [-0.25, -0.2) is 9.59 Å². The van der Waals surface area contributed by atoms with Crippen molar-refractivity contribution in [1.29, 1.82) is 0 Å². The number of amides is 3. The minimum absolute atomic E-state index is 0.158. The maximum atomic E-state index is 13.8. The Morgan fingerprint density at radius 1 is 1.17 bits per heavy atom. The number of carbonyl (C=O) groups is 5. The van der Waals surface area contributed by atoms with Gasteiger partial charge in [-0.2, -0.15) is 0 Å². The third kappa shape index (κ3) is 5.56. The maximum Gasteiger partial charge on any atom is 0.348 e. The quantitative estimate of drug-likeness (QED) is 0.400. The molecule has 0 aromatic heterocycles. The van der Waals surface area contributed by atoms with E-state index >= 15 is 0 Å². The molecule has 3 heterocycles. The highest BCUT2D eigenvalue weighted by Gasteiger charge is 2.65. The van der Waals surface area contributed by atoms with E-state index in [4.69, 9.17) is 9.47 Å². The summed E-state index contributed by atoms with van der Waals surface area (Å²) in [4.78, 5) is 66.5. The Kier molecular flexibility index (Phi) is 7.84. The zero-order valence-electron chi connectivity index (χ0n) is 24.2. The molecule has 6 atom stereocenters. The molecule has 11 nitrogen and oxygen atoms in total. The lowest BCUT2D eigenvalue weighted by Crippen LogP contribution is -2.58. The van der Waals surface area contributed by atoms with Crippen molar-refractivity contribution in [2.45, 2.75) is 95.6 Å². The highest BCUT2D eigenvalue weighted by molar-refractivity contribution is 5.95. The van der Waals surface area contributed by atoms with E-state index in [2.05, 4.69) is 16.0 Å². The predicted octanol–water partition coefficient (Wildman–Crippen LogP) is 1.44. The number of hydrogen-bond donors (Lipinski definition) is 3. The third-order valence-electron chi connectivity index (χ3n) is 9.23. The lowest BCUT2D eigenvalue weighted by Gasteiger charge is -2.36. The first-order valence-electron chi connectivity index (χ1n) is 14.5. The average Bonchev–Trinajstić information content (AvgIpc) is 3.39. The number of cyclic esters (lactones) is 1. The van der Waals surface area contributed by atoms with Gasteiger partial charge < -0.3 is 30.3 Å². The summed E-state index contributed by atoms with van der Waals surface area (Å²) < 4.78 is 10.5. The largest absolute Gasteiger partial charge is 0.462 e. The summed E-state index contributed by atoms with van der Waals surface area (Å²) in [6.45, 7) is 5.68. The van der Waals surface area contributed by atoms with Crippen LogP contribution >= 0.6 is 0 Å². The van der Waals surface area contributed by atoms with Crippen molar-refractivity contribution in [3.63, 3.8) is 0 Å². The third-order valence-corrected chi connectivity index (χ3v) is 9.23. The molecule has 3 aliphatic heterocycles. The van der Waals surface area contributed by atoms with E-state index in [1.807, 2.05) is 0 Å². The van der Waals surface area contributed by atoms with Crippen LogP contribution in [0.2, 0.25) is 0 Å². The molecule has 3 N–H and O–H groups in total. The first-order chi connectivity index (χ1) is 19.5. The zero-order chi connectivity index (χ0) is 29.5. The van der Waals surface area contributed by atoms with Crippen LogP contribution in [0.15, 0.2) is 24.3 Å². The van der Waals surface area contributed by atoms with Crippen LogP contribution in [0.1, 0.15) is 75.2 Å². The summed E-state index contributed by atoms with van der Waals surface area (Å²) in [6, 6.07) is 4.99. The molecule has 222 valence electrons. The highest BCUT2D eigenvalue weighted by atomic mass is 16.6. The molecule has 1 saturated carbocycles. The molecule has 0 bridgehead atoms. The fourth-order valence-corrected chi connectivity index (χ4v) is 6.55. The number of likely N-dealkylation sites (N-methyl/N-ethyl adjacent to an activating group) is 1. The van der Waals surface area contributed by atoms with Crippen LogP contribution in [0.5, 0.6) is 0 Å². The van der Waals surface area contributed by atoms with Gasteiger partial charge in [0.05, 0.1) is 11.6 Å². The number of hydrogen-bond acceptors (Lipinski definition) is 8. The standard InChI is InChI=1S/C30H40N4O7/c1-17(31-4)24(35)33-21-10-6-9-20-14-30(20)12-11-22(34(30)26(21)37)25(36)32-15-18-7-5-8-19(13-18)27(38)41-23-28(39)40-16-29(23,2)3/h5,7-8,13,17,20-23,31H,6,9-12,14-16H2,1-4H3,(H,32,36)(H,33,35)/t17-,20?,21-,22-,23?,30?/m0/s1. The second-order valence-corrected chi connectivity index (χ2v) is 12.6. The van der Waals surface area contributed by atoms with Gasteiger partial charge in [-0.1, -0.05) is 32.4 Å². The van der Waals surface area contributed by atoms with Crippen LogP contribution in [0.4, 0.5) is 0 Å². The Morgan fingerprint density at radius 2 is 1.95 bits per heavy atom. The fourth-order valence-electron chi connectivity index (χ4n) is 6.55. The van der Waals surface area contributed by atoms with Crippen LogP contribution in [0.25, 0.3) is 0 Å². The number of carbonyl (C=O) groups excluding carboxylic acids is 5. The number of ether oxygens (including phenoxy) is 2. The molecule has 5 rings (SSSR count). The maximum absolute atomic E-state index is 13.8. The number of benzene rings is 1. The van der Waals surface area contributed by atoms with Crippen LogP contribution in [0, 0.1) is 11.3 Å². The van der Waals surface area contributed by atoms with E-state index < -0.39 is 41.6 Å². The molecule has 1 spiro atoms. The Bertz CT molecular complexity index is 1250. The normalized spacial score (nSPS) is 30.7. The average molecular weight is 569 g/mol. The summed E-state index contributed by atoms with van der Waals surface area (Å²) in [7, 11) is 1.69. The van der Waals surface area contributed by atoms with E-state index in [9.17, 15) is 24.0 Å². The van der Waals surface area contributed by atoms with Crippen molar-refractivity contribution in [3.05, 3.63) is 35.4 Å². The monoisotopic (exact) mass is 568 g/mol. The molecule has 0 radical (unpaired) electrons. The van der Waals surface area contributed by atoms with Gasteiger partial charge in [-0.15, -0.1) is 0 Å². The van der Waals surface area contributed by atoms with Crippen molar-refractivity contribution >= 4 is 29.7 Å². The number of nitrogens with one attached hydrogen (secondary N) is 3. The Balaban J connectivity index is 1.24. The van der Waals surface area contributed by atoms with Crippen LogP contribution < -0.4 is 16.0 Å². The van der Waals surface area contributed by atoms with E-state index in [0.29, 0.717) is 24.3 Å². The molecular weight excluding hydrogens is 528 g/mol. The summed E-state index contributed by atoms with van der Waals surface area (Å²) in [5.74, 6) is -1.48. The Labute approximate surface area is 240 Å².